The van der Waals surface area contributed by atoms with Crippen LogP contribution < -0.4 is 0 Å². The van der Waals surface area contributed by atoms with Gasteiger partial charge in [-0.25, -0.2) is 0 Å². The van der Waals surface area contributed by atoms with Gasteiger partial charge >= 0.3 is 5.97 Å². The molecule has 1 N–H and O–H groups in total. The summed E-state index contributed by atoms with van der Waals surface area (Å²) in [5, 5.41) is 8.51. The Kier molecular flexibility index (Phi) is 23.1. The molecular formula is C18H34ErO2. The topological polar surface area (TPSA) is 37.3 Å². The first-order valence-corrected chi connectivity index (χ1v) is 8.64. The molecule has 0 saturated heterocycles. The summed E-state index contributed by atoms with van der Waals surface area (Å²) in [4.78, 5) is 10.3. The number of hydrogen-bond acceptors (Lipinski definition) is 1. The maximum Gasteiger partial charge on any atom is 0.303 e. The van der Waals surface area contributed by atoms with Crippen molar-refractivity contribution in [3.63, 3.8) is 0 Å². The van der Waals surface area contributed by atoms with Crippen molar-refractivity contribution in [3.8, 4) is 0 Å². The molecule has 0 aliphatic heterocycles. The van der Waals surface area contributed by atoms with Gasteiger partial charge in [0.15, 0.2) is 0 Å². The third kappa shape index (κ3) is 22.9. The maximum absolute atomic E-state index is 10.3. The first-order chi connectivity index (χ1) is 9.77. The van der Waals surface area contributed by atoms with Crippen LogP contribution in [0.3, 0.4) is 0 Å². The van der Waals surface area contributed by atoms with Crippen LogP contribution in [0.1, 0.15) is 96.8 Å². The fraction of sp³-hybridized carbons (Fsp3) is 0.833. The van der Waals surface area contributed by atoms with Crippen molar-refractivity contribution in [2.24, 2.45) is 0 Å². The molecule has 0 aromatic heterocycles. The van der Waals surface area contributed by atoms with Crippen molar-refractivity contribution >= 4 is 5.97 Å². The van der Waals surface area contributed by atoms with E-state index in [1.165, 1.54) is 70.6 Å². The van der Waals surface area contributed by atoms with Crippen molar-refractivity contribution in [2.75, 3.05) is 0 Å². The van der Waals surface area contributed by atoms with Gasteiger partial charge in [0.25, 0.3) is 0 Å². The number of allylic oxidation sites excluding steroid dienone is 2. The Morgan fingerprint density at radius 3 is 1.67 bits per heavy atom. The fourth-order valence-corrected chi connectivity index (χ4v) is 2.35. The summed E-state index contributed by atoms with van der Waals surface area (Å²) in [5.74, 6) is -0.664. The number of carboxylic acids is 1. The zero-order valence-corrected chi connectivity index (χ0v) is 15.6. The zero-order valence-electron chi connectivity index (χ0n) is 13.7. The molecule has 130 valence electrons. The Labute approximate surface area is 161 Å². The van der Waals surface area contributed by atoms with Crippen molar-refractivity contribution < 1.29 is 47.2 Å². The van der Waals surface area contributed by atoms with Gasteiger partial charge in [-0.15, -0.1) is 0 Å². The van der Waals surface area contributed by atoms with Gasteiger partial charge in [-0.3, -0.25) is 4.79 Å². The molecule has 0 heterocycles. The van der Waals surface area contributed by atoms with E-state index in [1.807, 2.05) is 0 Å². The Balaban J connectivity index is 0. The van der Waals surface area contributed by atoms with E-state index in [0.29, 0.717) is 6.42 Å². The first kappa shape index (κ1) is 23.7. The van der Waals surface area contributed by atoms with E-state index < -0.39 is 5.97 Å². The van der Waals surface area contributed by atoms with Crippen molar-refractivity contribution in [3.05, 3.63) is 12.2 Å². The molecule has 0 saturated carbocycles. The Bertz CT molecular complexity index is 239. The van der Waals surface area contributed by atoms with Gasteiger partial charge in [0.2, 0.25) is 0 Å². The SMILES string of the molecule is CCCCCCCC/C=C\CCCCCCCC(=O)O.[Er]. The fourth-order valence-electron chi connectivity index (χ4n) is 2.35. The van der Waals surface area contributed by atoms with Crippen molar-refractivity contribution in [1.82, 2.24) is 0 Å². The van der Waals surface area contributed by atoms with Crippen LogP contribution in [-0.4, -0.2) is 11.1 Å². The summed E-state index contributed by atoms with van der Waals surface area (Å²) in [6.07, 6.45) is 21.2. The molecule has 0 amide bonds. The van der Waals surface area contributed by atoms with Gasteiger partial charge in [0.1, 0.15) is 0 Å². The summed E-state index contributed by atoms with van der Waals surface area (Å²) >= 11 is 0. The van der Waals surface area contributed by atoms with Crippen LogP contribution >= 0.6 is 0 Å². The molecule has 0 atom stereocenters. The van der Waals surface area contributed by atoms with Gasteiger partial charge in [0, 0.05) is 43.7 Å². The Hall–Kier alpha value is 0.457. The van der Waals surface area contributed by atoms with Crippen LogP contribution in [-0.2, 0) is 4.79 Å². The second-order valence-corrected chi connectivity index (χ2v) is 5.73. The molecule has 0 aliphatic rings. The van der Waals surface area contributed by atoms with E-state index in [9.17, 15) is 4.79 Å². The summed E-state index contributed by atoms with van der Waals surface area (Å²) in [6.45, 7) is 2.26. The molecule has 2 nitrogen and oxygen atoms in total. The maximum atomic E-state index is 10.3. The van der Waals surface area contributed by atoms with Gasteiger partial charge < -0.3 is 5.11 Å². The standard InChI is InChI=1S/C18H34O2.Er/c1-2-3-4-5-6-7-8-9-10-11-12-13-14-15-16-17-18(19)20;/h9-10H,2-8,11-17H2,1H3,(H,19,20);/b10-9-;. The molecule has 21 heavy (non-hydrogen) atoms. The molecular weight excluding hydrogens is 415 g/mol. The molecule has 0 rings (SSSR count). The van der Waals surface area contributed by atoms with Crippen LogP contribution in [0.5, 0.6) is 0 Å². The summed E-state index contributed by atoms with van der Waals surface area (Å²) < 4.78 is 0. The molecule has 0 bridgehead atoms. The third-order valence-corrected chi connectivity index (χ3v) is 3.65. The second-order valence-electron chi connectivity index (χ2n) is 5.73. The summed E-state index contributed by atoms with van der Waals surface area (Å²) in [6, 6.07) is 0. The first-order valence-electron chi connectivity index (χ1n) is 8.64. The summed E-state index contributed by atoms with van der Waals surface area (Å²) in [7, 11) is 0. The van der Waals surface area contributed by atoms with Crippen molar-refractivity contribution in [2.45, 2.75) is 96.8 Å². The minimum Gasteiger partial charge on any atom is -0.481 e. The number of unbranched alkanes of at least 4 members (excludes halogenated alkanes) is 11. The second kappa shape index (κ2) is 20.5. The molecule has 0 unspecified atom stereocenters. The predicted molar refractivity (Wildman–Crippen MR) is 87.1 cm³/mol. The number of carboxylic acid groups (broad SMARTS) is 1. The van der Waals surface area contributed by atoms with E-state index in [-0.39, 0.29) is 37.3 Å². The van der Waals surface area contributed by atoms with Crippen LogP contribution in [0.25, 0.3) is 0 Å². The predicted octanol–water partition coefficient (Wildman–Crippen LogP) is 6.11. The quantitative estimate of drug-likeness (QED) is 0.242. The van der Waals surface area contributed by atoms with Crippen LogP contribution in [0.15, 0.2) is 12.2 Å². The van der Waals surface area contributed by atoms with Crippen LogP contribution in [0.2, 0.25) is 0 Å². The number of rotatable bonds is 15. The van der Waals surface area contributed by atoms with E-state index in [1.54, 1.807) is 0 Å². The third-order valence-electron chi connectivity index (χ3n) is 3.65. The molecule has 0 spiro atoms. The molecule has 0 aliphatic carbocycles. The van der Waals surface area contributed by atoms with Crippen LogP contribution in [0, 0.1) is 37.3 Å². The minimum absolute atomic E-state index is 0. The van der Waals surface area contributed by atoms with E-state index in [2.05, 4.69) is 19.1 Å². The minimum atomic E-state index is -0.664. The molecule has 3 heteroatoms. The van der Waals surface area contributed by atoms with Gasteiger partial charge in [-0.05, 0) is 32.1 Å². The Morgan fingerprint density at radius 2 is 1.19 bits per heavy atom. The summed E-state index contributed by atoms with van der Waals surface area (Å²) in [5.41, 5.74) is 0. The monoisotopic (exact) mass is 448 g/mol. The molecule has 0 aromatic carbocycles. The Morgan fingerprint density at radius 1 is 0.762 bits per heavy atom. The van der Waals surface area contributed by atoms with Crippen LogP contribution in [0.4, 0.5) is 0 Å². The molecule has 0 radical (unpaired) electrons. The van der Waals surface area contributed by atoms with Crippen molar-refractivity contribution in [1.29, 1.82) is 0 Å². The van der Waals surface area contributed by atoms with E-state index >= 15 is 0 Å². The average Bonchev–Trinajstić information content (AvgIpc) is 2.43. The number of hydrogen-bond donors (Lipinski definition) is 1. The normalized spacial score (nSPS) is 10.7. The molecule has 0 aromatic rings. The molecule has 0 fully saturated rings. The zero-order chi connectivity index (χ0) is 14.9. The van der Waals surface area contributed by atoms with Gasteiger partial charge in [0.05, 0.1) is 0 Å². The number of carbonyl (C=O) groups is 1. The largest absolute Gasteiger partial charge is 0.481 e. The van der Waals surface area contributed by atoms with E-state index in [0.717, 1.165) is 12.8 Å². The average molecular weight is 450 g/mol. The van der Waals surface area contributed by atoms with Gasteiger partial charge in [-0.1, -0.05) is 70.4 Å². The number of aliphatic carboxylic acids is 1. The van der Waals surface area contributed by atoms with E-state index in [4.69, 9.17) is 5.11 Å². The van der Waals surface area contributed by atoms with Gasteiger partial charge in [-0.2, -0.15) is 0 Å². The smallest absolute Gasteiger partial charge is 0.303 e.